The number of nitrogens with two attached hydrogens (primary N) is 1. The Balaban J connectivity index is 1.68. The number of rotatable bonds is 5. The molecule has 4 N–H and O–H groups in total. The normalized spacial score (nSPS) is 10.9. The van der Waals surface area contributed by atoms with Crippen LogP contribution in [0.15, 0.2) is 49.1 Å². The monoisotopic (exact) mass is 360 g/mol. The van der Waals surface area contributed by atoms with Gasteiger partial charge in [0.15, 0.2) is 0 Å². The van der Waals surface area contributed by atoms with Crippen LogP contribution in [0.2, 0.25) is 0 Å². The van der Waals surface area contributed by atoms with Gasteiger partial charge in [-0.25, -0.2) is 19.9 Å². The smallest absolute Gasteiger partial charge is 0.143 e. The van der Waals surface area contributed by atoms with Gasteiger partial charge in [-0.2, -0.15) is 0 Å². The summed E-state index contributed by atoms with van der Waals surface area (Å²) < 4.78 is 0. The minimum Gasteiger partial charge on any atom is -0.384 e. The van der Waals surface area contributed by atoms with Crippen molar-refractivity contribution in [3.05, 3.63) is 54.7 Å². The van der Waals surface area contributed by atoms with Crippen molar-refractivity contribution in [1.29, 1.82) is 0 Å². The highest BCUT2D eigenvalue weighted by Gasteiger charge is 2.13. The maximum absolute atomic E-state index is 5.84. The lowest BCUT2D eigenvalue weighted by Crippen LogP contribution is -2.12. The number of nitrogens with one attached hydrogen (secondary N) is 2. The van der Waals surface area contributed by atoms with Gasteiger partial charge in [0, 0.05) is 32.1 Å². The van der Waals surface area contributed by atoms with Gasteiger partial charge in [-0.15, -0.1) is 0 Å². The van der Waals surface area contributed by atoms with Gasteiger partial charge >= 0.3 is 0 Å². The van der Waals surface area contributed by atoms with Crippen LogP contribution in [0.1, 0.15) is 5.69 Å². The van der Waals surface area contributed by atoms with E-state index in [-0.39, 0.29) is 0 Å². The van der Waals surface area contributed by atoms with Crippen molar-refractivity contribution >= 4 is 28.5 Å². The number of H-pyrrole nitrogens is 1. The highest BCUT2D eigenvalue weighted by atomic mass is 15.1. The summed E-state index contributed by atoms with van der Waals surface area (Å²) in [5.74, 6) is 2.12. The van der Waals surface area contributed by atoms with Crippen LogP contribution in [0.25, 0.3) is 22.2 Å². The lowest BCUT2D eigenvalue weighted by molar-refractivity contribution is 0.988. The molecule has 0 bridgehead atoms. The topological polar surface area (TPSA) is 109 Å². The van der Waals surface area contributed by atoms with Gasteiger partial charge in [-0.05, 0) is 29.8 Å². The largest absolute Gasteiger partial charge is 0.384 e. The lowest BCUT2D eigenvalue weighted by Gasteiger charge is -2.13. The fourth-order valence-electron chi connectivity index (χ4n) is 2.93. The Morgan fingerprint density at radius 1 is 1.15 bits per heavy atom. The molecular formula is C19H20N8. The van der Waals surface area contributed by atoms with Crippen LogP contribution < -0.4 is 16.0 Å². The van der Waals surface area contributed by atoms with Crippen molar-refractivity contribution in [2.45, 2.75) is 6.54 Å². The van der Waals surface area contributed by atoms with E-state index in [2.05, 4.69) is 30.2 Å². The molecular weight excluding hydrogens is 340 g/mol. The molecule has 0 unspecified atom stereocenters. The number of anilines is 3. The van der Waals surface area contributed by atoms with Gasteiger partial charge in [0.2, 0.25) is 0 Å². The van der Waals surface area contributed by atoms with Gasteiger partial charge in [0.05, 0.1) is 17.6 Å². The highest BCUT2D eigenvalue weighted by molar-refractivity contribution is 6.01. The van der Waals surface area contributed by atoms with E-state index < -0.39 is 0 Å². The summed E-state index contributed by atoms with van der Waals surface area (Å²) in [5.41, 5.74) is 9.45. The lowest BCUT2D eigenvalue weighted by atomic mass is 10.1. The zero-order valence-corrected chi connectivity index (χ0v) is 15.1. The summed E-state index contributed by atoms with van der Waals surface area (Å²) in [7, 11) is 3.94. The van der Waals surface area contributed by atoms with E-state index in [0.717, 1.165) is 39.5 Å². The summed E-state index contributed by atoms with van der Waals surface area (Å²) >= 11 is 0. The molecule has 4 rings (SSSR count). The molecule has 0 atom stereocenters. The predicted octanol–water partition coefficient (Wildman–Crippen LogP) is 2.68. The molecule has 0 saturated heterocycles. The molecule has 4 aromatic rings. The van der Waals surface area contributed by atoms with E-state index in [1.807, 2.05) is 55.5 Å². The third-order valence-electron chi connectivity index (χ3n) is 4.25. The molecule has 0 spiro atoms. The third-order valence-corrected chi connectivity index (χ3v) is 4.25. The molecule has 0 saturated carbocycles. The molecule has 4 heterocycles. The van der Waals surface area contributed by atoms with Gasteiger partial charge in [0.1, 0.15) is 29.4 Å². The Hall–Kier alpha value is -3.68. The third kappa shape index (κ3) is 3.37. The molecule has 8 heteroatoms. The summed E-state index contributed by atoms with van der Waals surface area (Å²) in [6, 6.07) is 9.71. The zero-order valence-electron chi connectivity index (χ0n) is 15.1. The van der Waals surface area contributed by atoms with Crippen LogP contribution in [0, 0.1) is 0 Å². The standard InChI is InChI=1S/C19H20N8/c1-27(2)16-5-3-4-13(26-16)9-22-18-17-14(10-23-19(17)25-11-24-18)12-6-7-21-15(20)8-12/h3-8,10-11H,9H2,1-2H3,(H2,20,21)(H2,22,23,24,25). The van der Waals surface area contributed by atoms with E-state index in [1.165, 1.54) is 6.33 Å². The van der Waals surface area contributed by atoms with E-state index in [4.69, 9.17) is 5.73 Å². The molecule has 0 aliphatic rings. The molecule has 136 valence electrons. The Bertz CT molecular complexity index is 1090. The van der Waals surface area contributed by atoms with Gasteiger partial charge in [0.25, 0.3) is 0 Å². The van der Waals surface area contributed by atoms with Crippen LogP contribution in [-0.2, 0) is 6.54 Å². The van der Waals surface area contributed by atoms with Crippen molar-refractivity contribution in [1.82, 2.24) is 24.9 Å². The first-order valence-electron chi connectivity index (χ1n) is 8.53. The molecule has 27 heavy (non-hydrogen) atoms. The molecule has 0 aliphatic carbocycles. The summed E-state index contributed by atoms with van der Waals surface area (Å²) in [4.78, 5) is 22.6. The second-order valence-electron chi connectivity index (χ2n) is 6.35. The Labute approximate surface area is 156 Å². The second kappa shape index (κ2) is 6.91. The molecule has 4 aromatic heterocycles. The number of hydrogen-bond donors (Lipinski definition) is 3. The number of nitrogens with zero attached hydrogens (tertiary/aromatic N) is 5. The number of aromatic nitrogens is 5. The average Bonchev–Trinajstić information content (AvgIpc) is 3.11. The number of nitrogen functional groups attached to an aromatic ring is 1. The molecule has 8 nitrogen and oxygen atoms in total. The van der Waals surface area contributed by atoms with Gasteiger partial charge in [-0.1, -0.05) is 6.07 Å². The summed E-state index contributed by atoms with van der Waals surface area (Å²) in [6.45, 7) is 0.552. The molecule has 0 amide bonds. The van der Waals surface area contributed by atoms with Crippen molar-refractivity contribution < 1.29 is 0 Å². The Kier molecular flexibility index (Phi) is 4.29. The van der Waals surface area contributed by atoms with Gasteiger partial charge in [-0.3, -0.25) is 0 Å². The molecule has 0 radical (unpaired) electrons. The molecule has 0 aromatic carbocycles. The van der Waals surface area contributed by atoms with Crippen molar-refractivity contribution in [3.8, 4) is 11.1 Å². The van der Waals surface area contributed by atoms with Gasteiger partial charge < -0.3 is 20.9 Å². The van der Waals surface area contributed by atoms with Crippen molar-refractivity contribution in [2.75, 3.05) is 30.0 Å². The second-order valence-corrected chi connectivity index (χ2v) is 6.35. The van der Waals surface area contributed by atoms with Crippen molar-refractivity contribution in [3.63, 3.8) is 0 Å². The molecule has 0 aliphatic heterocycles. The van der Waals surface area contributed by atoms with Crippen LogP contribution in [0.3, 0.4) is 0 Å². The fourth-order valence-corrected chi connectivity index (χ4v) is 2.93. The zero-order chi connectivity index (χ0) is 18.8. The first kappa shape index (κ1) is 16.8. The predicted molar refractivity (Wildman–Crippen MR) is 107 cm³/mol. The Morgan fingerprint density at radius 2 is 2.04 bits per heavy atom. The quantitative estimate of drug-likeness (QED) is 0.502. The maximum atomic E-state index is 5.84. The van der Waals surface area contributed by atoms with E-state index in [0.29, 0.717) is 12.4 Å². The Morgan fingerprint density at radius 3 is 2.85 bits per heavy atom. The van der Waals surface area contributed by atoms with Crippen LogP contribution >= 0.6 is 0 Å². The first-order chi connectivity index (χ1) is 13.1. The van der Waals surface area contributed by atoms with Crippen molar-refractivity contribution in [2.24, 2.45) is 0 Å². The SMILES string of the molecule is CN(C)c1cccc(CNc2ncnc3[nH]cc(-c4ccnc(N)c4)c23)n1. The number of fused-ring (bicyclic) bond motifs is 1. The van der Waals surface area contributed by atoms with E-state index in [9.17, 15) is 0 Å². The van der Waals surface area contributed by atoms with Crippen LogP contribution in [0.5, 0.6) is 0 Å². The summed E-state index contributed by atoms with van der Waals surface area (Å²) in [5, 5.41) is 4.29. The minimum atomic E-state index is 0.470. The average molecular weight is 360 g/mol. The van der Waals surface area contributed by atoms with Crippen LogP contribution in [-0.4, -0.2) is 39.0 Å². The number of aromatic amines is 1. The minimum absolute atomic E-state index is 0.470. The van der Waals surface area contributed by atoms with E-state index >= 15 is 0 Å². The maximum Gasteiger partial charge on any atom is 0.143 e. The first-order valence-corrected chi connectivity index (χ1v) is 8.53. The van der Waals surface area contributed by atoms with Crippen LogP contribution in [0.4, 0.5) is 17.5 Å². The fraction of sp³-hybridized carbons (Fsp3) is 0.158. The number of hydrogen-bond acceptors (Lipinski definition) is 7. The number of pyridine rings is 2. The molecule has 0 fully saturated rings. The summed E-state index contributed by atoms with van der Waals surface area (Å²) in [6.07, 6.45) is 5.14. The highest BCUT2D eigenvalue weighted by Crippen LogP contribution is 2.32. The van der Waals surface area contributed by atoms with E-state index in [1.54, 1.807) is 6.20 Å².